The van der Waals surface area contributed by atoms with Crippen molar-refractivity contribution < 1.29 is 14.3 Å². The summed E-state index contributed by atoms with van der Waals surface area (Å²) in [6, 6.07) is 6.95. The molecule has 0 aliphatic carbocycles. The minimum Gasteiger partial charge on any atom is -0.494 e. The van der Waals surface area contributed by atoms with Crippen molar-refractivity contribution in [2.24, 2.45) is 0 Å². The fraction of sp³-hybridized carbons (Fsp3) is 0.500. The number of nitrogens with zero attached hydrogens (tertiary/aromatic N) is 1. The largest absolute Gasteiger partial charge is 0.494 e. The van der Waals surface area contributed by atoms with Crippen molar-refractivity contribution in [3.63, 3.8) is 0 Å². The van der Waals surface area contributed by atoms with E-state index in [0.29, 0.717) is 31.7 Å². The Kier molecular flexibility index (Phi) is 5.33. The molecule has 0 spiro atoms. The van der Waals surface area contributed by atoms with E-state index in [0.717, 1.165) is 5.75 Å². The van der Waals surface area contributed by atoms with Gasteiger partial charge >= 0.3 is 0 Å². The van der Waals surface area contributed by atoms with Crippen LogP contribution < -0.4 is 10.1 Å². The summed E-state index contributed by atoms with van der Waals surface area (Å²) >= 11 is 0. The van der Waals surface area contributed by atoms with Gasteiger partial charge in [-0.1, -0.05) is 6.92 Å². The maximum Gasteiger partial charge on any atom is 0.237 e. The average Bonchev–Trinajstić information content (AvgIpc) is 2.48. The Morgan fingerprint density at radius 2 is 2.05 bits per heavy atom. The molecule has 1 heterocycles. The molecule has 0 saturated carbocycles. The number of hydrogen-bond acceptors (Lipinski definition) is 4. The maximum absolute atomic E-state index is 12.3. The molecule has 0 radical (unpaired) electrons. The summed E-state index contributed by atoms with van der Waals surface area (Å²) in [5.41, 5.74) is 0.652. The minimum atomic E-state index is -0.203. The fourth-order valence-corrected chi connectivity index (χ4v) is 2.57. The van der Waals surface area contributed by atoms with E-state index < -0.39 is 0 Å². The number of nitrogens with one attached hydrogen (secondary N) is 1. The lowest BCUT2D eigenvalue weighted by atomic mass is 10.1. The summed E-state index contributed by atoms with van der Waals surface area (Å²) in [6.07, 6.45) is 0.711. The van der Waals surface area contributed by atoms with Gasteiger partial charge in [-0.25, -0.2) is 0 Å². The third-order valence-corrected chi connectivity index (χ3v) is 3.66. The van der Waals surface area contributed by atoms with Gasteiger partial charge in [0.15, 0.2) is 5.78 Å². The molecule has 0 bridgehead atoms. The molecule has 1 fully saturated rings. The molecule has 1 aliphatic heterocycles. The highest BCUT2D eigenvalue weighted by Gasteiger charge is 2.29. The zero-order valence-corrected chi connectivity index (χ0v) is 12.6. The summed E-state index contributed by atoms with van der Waals surface area (Å²) in [7, 11) is 0. The van der Waals surface area contributed by atoms with Crippen LogP contribution in [0.25, 0.3) is 0 Å². The SMILES string of the molecule is CCOc1ccc(C(=O)CN2CCNC(=O)C2CC)cc1. The van der Waals surface area contributed by atoms with E-state index in [1.165, 1.54) is 0 Å². The molecule has 5 heteroatoms. The van der Waals surface area contributed by atoms with Crippen molar-refractivity contribution >= 4 is 11.7 Å². The molecule has 1 amide bonds. The Morgan fingerprint density at radius 3 is 2.67 bits per heavy atom. The van der Waals surface area contributed by atoms with Crippen LogP contribution in [0.2, 0.25) is 0 Å². The monoisotopic (exact) mass is 290 g/mol. The average molecular weight is 290 g/mol. The number of Topliss-reactive ketones (excluding diaryl/α,β-unsaturated/α-hetero) is 1. The number of hydrogen-bond donors (Lipinski definition) is 1. The van der Waals surface area contributed by atoms with Crippen LogP contribution in [0.4, 0.5) is 0 Å². The molecule has 2 rings (SSSR count). The van der Waals surface area contributed by atoms with Crippen molar-refractivity contribution in [1.29, 1.82) is 0 Å². The number of carbonyl (C=O) groups excluding carboxylic acids is 2. The van der Waals surface area contributed by atoms with Gasteiger partial charge < -0.3 is 10.1 Å². The molecule has 0 aromatic heterocycles. The topological polar surface area (TPSA) is 58.6 Å². The first-order valence-corrected chi connectivity index (χ1v) is 7.43. The van der Waals surface area contributed by atoms with Gasteiger partial charge in [0.25, 0.3) is 0 Å². The summed E-state index contributed by atoms with van der Waals surface area (Å²) in [6.45, 7) is 6.09. The number of amides is 1. The van der Waals surface area contributed by atoms with Crippen LogP contribution in [-0.2, 0) is 4.79 Å². The van der Waals surface area contributed by atoms with Gasteiger partial charge in [0.2, 0.25) is 5.91 Å². The smallest absolute Gasteiger partial charge is 0.237 e. The Balaban J connectivity index is 2.01. The van der Waals surface area contributed by atoms with E-state index in [1.54, 1.807) is 24.3 Å². The quantitative estimate of drug-likeness (QED) is 0.806. The third-order valence-electron chi connectivity index (χ3n) is 3.66. The second kappa shape index (κ2) is 7.22. The van der Waals surface area contributed by atoms with Crippen molar-refractivity contribution in [1.82, 2.24) is 10.2 Å². The van der Waals surface area contributed by atoms with Crippen molar-refractivity contribution in [3.05, 3.63) is 29.8 Å². The first-order chi connectivity index (χ1) is 10.2. The molecular weight excluding hydrogens is 268 g/mol. The fourth-order valence-electron chi connectivity index (χ4n) is 2.57. The maximum atomic E-state index is 12.3. The normalized spacial score (nSPS) is 19.1. The lowest BCUT2D eigenvalue weighted by Gasteiger charge is -2.33. The van der Waals surface area contributed by atoms with Crippen LogP contribution in [0.3, 0.4) is 0 Å². The van der Waals surface area contributed by atoms with Crippen LogP contribution in [0.5, 0.6) is 5.75 Å². The van der Waals surface area contributed by atoms with Gasteiger partial charge in [0, 0.05) is 18.7 Å². The zero-order chi connectivity index (χ0) is 15.2. The van der Waals surface area contributed by atoms with Crippen LogP contribution in [-0.4, -0.2) is 48.9 Å². The first-order valence-electron chi connectivity index (χ1n) is 7.43. The number of ketones is 1. The summed E-state index contributed by atoms with van der Waals surface area (Å²) in [5, 5.41) is 2.84. The highest BCUT2D eigenvalue weighted by atomic mass is 16.5. The van der Waals surface area contributed by atoms with Gasteiger partial charge in [0.05, 0.1) is 19.2 Å². The molecule has 1 unspecified atom stereocenters. The van der Waals surface area contributed by atoms with Crippen LogP contribution in [0.15, 0.2) is 24.3 Å². The van der Waals surface area contributed by atoms with Gasteiger partial charge in [-0.3, -0.25) is 14.5 Å². The van der Waals surface area contributed by atoms with E-state index in [1.807, 2.05) is 18.7 Å². The molecule has 21 heavy (non-hydrogen) atoms. The van der Waals surface area contributed by atoms with E-state index in [4.69, 9.17) is 4.74 Å². The van der Waals surface area contributed by atoms with E-state index in [-0.39, 0.29) is 24.3 Å². The Hall–Kier alpha value is -1.88. The highest BCUT2D eigenvalue weighted by molar-refractivity contribution is 5.98. The third kappa shape index (κ3) is 3.82. The standard InChI is InChI=1S/C16H22N2O3/c1-3-14-16(20)17-9-10-18(14)11-15(19)12-5-7-13(8-6-12)21-4-2/h5-8,14H,3-4,9-11H2,1-2H3,(H,17,20). The van der Waals surface area contributed by atoms with Crippen LogP contribution in [0, 0.1) is 0 Å². The summed E-state index contributed by atoms with van der Waals surface area (Å²) in [4.78, 5) is 26.1. The highest BCUT2D eigenvalue weighted by Crippen LogP contribution is 2.14. The molecule has 1 saturated heterocycles. The molecule has 5 nitrogen and oxygen atoms in total. The van der Waals surface area contributed by atoms with Crippen LogP contribution in [0.1, 0.15) is 30.6 Å². The Morgan fingerprint density at radius 1 is 1.33 bits per heavy atom. The van der Waals surface area contributed by atoms with Gasteiger partial charge in [-0.2, -0.15) is 0 Å². The predicted octanol–water partition coefficient (Wildman–Crippen LogP) is 1.48. The van der Waals surface area contributed by atoms with Crippen molar-refractivity contribution in [2.75, 3.05) is 26.2 Å². The van der Waals surface area contributed by atoms with E-state index >= 15 is 0 Å². The van der Waals surface area contributed by atoms with E-state index in [9.17, 15) is 9.59 Å². The van der Waals surface area contributed by atoms with Gasteiger partial charge in [-0.05, 0) is 37.6 Å². The number of rotatable bonds is 6. The van der Waals surface area contributed by atoms with Crippen LogP contribution >= 0.6 is 0 Å². The summed E-state index contributed by atoms with van der Waals surface area (Å²) < 4.78 is 5.36. The lowest BCUT2D eigenvalue weighted by Crippen LogP contribution is -2.56. The second-order valence-corrected chi connectivity index (χ2v) is 5.07. The van der Waals surface area contributed by atoms with E-state index in [2.05, 4.69) is 5.32 Å². The molecule has 1 N–H and O–H groups in total. The zero-order valence-electron chi connectivity index (χ0n) is 12.6. The Bertz CT molecular complexity index is 499. The van der Waals surface area contributed by atoms with Crippen molar-refractivity contribution in [2.45, 2.75) is 26.3 Å². The lowest BCUT2D eigenvalue weighted by molar-refractivity contribution is -0.128. The molecule has 1 aromatic rings. The Labute approximate surface area is 125 Å². The second-order valence-electron chi connectivity index (χ2n) is 5.07. The number of carbonyl (C=O) groups is 2. The summed E-state index contributed by atoms with van der Waals surface area (Å²) in [5.74, 6) is 0.812. The predicted molar refractivity (Wildman–Crippen MR) is 80.6 cm³/mol. The molecule has 114 valence electrons. The number of ether oxygens (including phenoxy) is 1. The van der Waals surface area contributed by atoms with Crippen molar-refractivity contribution in [3.8, 4) is 5.75 Å². The molecular formula is C16H22N2O3. The van der Waals surface area contributed by atoms with Gasteiger partial charge in [0.1, 0.15) is 5.75 Å². The number of benzene rings is 1. The number of piperazine rings is 1. The molecule has 1 atom stereocenters. The minimum absolute atomic E-state index is 0.0169. The van der Waals surface area contributed by atoms with Gasteiger partial charge in [-0.15, -0.1) is 0 Å². The molecule has 1 aromatic carbocycles. The molecule has 1 aliphatic rings. The first kappa shape index (κ1) is 15.5.